The Labute approximate surface area is 155 Å². The number of benzene rings is 1. The van der Waals surface area contributed by atoms with Gasteiger partial charge in [0.05, 0.1) is 23.4 Å². The molecule has 1 fully saturated rings. The van der Waals surface area contributed by atoms with E-state index in [1.54, 1.807) is 0 Å². The van der Waals surface area contributed by atoms with E-state index < -0.39 is 39.5 Å². The zero-order valence-electron chi connectivity index (χ0n) is 12.9. The van der Waals surface area contributed by atoms with Crippen LogP contribution in [-0.2, 0) is 11.0 Å². The molecule has 26 heavy (non-hydrogen) atoms. The maximum atomic E-state index is 13.3. The number of amides is 2. The van der Waals surface area contributed by atoms with E-state index in [0.29, 0.717) is 0 Å². The molecule has 1 saturated carbocycles. The van der Waals surface area contributed by atoms with Crippen LogP contribution in [0.15, 0.2) is 41.0 Å². The van der Waals surface area contributed by atoms with Gasteiger partial charge in [-0.25, -0.2) is 0 Å². The summed E-state index contributed by atoms with van der Waals surface area (Å²) in [6, 6.07) is 5.84. The second kappa shape index (κ2) is 6.51. The molecule has 1 heterocycles. The quantitative estimate of drug-likeness (QED) is 0.723. The molecular formula is C16H11Cl2F3N2O3. The molecule has 0 aliphatic heterocycles. The van der Waals surface area contributed by atoms with Crippen LogP contribution in [0.3, 0.4) is 0 Å². The van der Waals surface area contributed by atoms with Crippen molar-refractivity contribution in [2.24, 2.45) is 5.92 Å². The van der Waals surface area contributed by atoms with Crippen molar-refractivity contribution in [3.63, 3.8) is 0 Å². The van der Waals surface area contributed by atoms with Crippen molar-refractivity contribution in [2.75, 3.05) is 10.6 Å². The minimum Gasteiger partial charge on any atom is -0.459 e. The zero-order chi connectivity index (χ0) is 19.1. The van der Waals surface area contributed by atoms with Gasteiger partial charge in [-0.05, 0) is 36.8 Å². The Morgan fingerprint density at radius 2 is 1.88 bits per heavy atom. The largest absolute Gasteiger partial charge is 0.459 e. The summed E-state index contributed by atoms with van der Waals surface area (Å²) in [6.07, 6.45) is -3.32. The van der Waals surface area contributed by atoms with E-state index >= 15 is 0 Å². The Balaban J connectivity index is 1.82. The van der Waals surface area contributed by atoms with Gasteiger partial charge >= 0.3 is 6.18 Å². The molecule has 0 radical (unpaired) electrons. The molecule has 5 nitrogen and oxygen atoms in total. The molecule has 2 aromatic rings. The highest BCUT2D eigenvalue weighted by Crippen LogP contribution is 2.53. The summed E-state index contributed by atoms with van der Waals surface area (Å²) >= 11 is 11.5. The van der Waals surface area contributed by atoms with Crippen molar-refractivity contribution < 1.29 is 27.2 Å². The summed E-state index contributed by atoms with van der Waals surface area (Å²) in [7, 11) is 0. The highest BCUT2D eigenvalue weighted by Gasteiger charge is 2.56. The van der Waals surface area contributed by atoms with Crippen LogP contribution < -0.4 is 10.6 Å². The second-order valence-electron chi connectivity index (χ2n) is 5.70. The van der Waals surface area contributed by atoms with Crippen LogP contribution >= 0.6 is 23.2 Å². The first kappa shape index (κ1) is 18.6. The summed E-state index contributed by atoms with van der Waals surface area (Å²) in [5, 5.41) is 4.48. The maximum absolute atomic E-state index is 13.3. The van der Waals surface area contributed by atoms with E-state index in [4.69, 9.17) is 27.6 Å². The van der Waals surface area contributed by atoms with Gasteiger partial charge in [0.15, 0.2) is 5.76 Å². The van der Waals surface area contributed by atoms with Crippen molar-refractivity contribution in [3.05, 3.63) is 47.9 Å². The number of carbonyl (C=O) groups is 2. The molecule has 1 aromatic carbocycles. The lowest BCUT2D eigenvalue weighted by Crippen LogP contribution is -2.20. The van der Waals surface area contributed by atoms with Crippen LogP contribution in [0.1, 0.15) is 22.5 Å². The summed E-state index contributed by atoms with van der Waals surface area (Å²) in [4.78, 5) is 23.8. The third kappa shape index (κ3) is 3.96. The van der Waals surface area contributed by atoms with Crippen molar-refractivity contribution in [1.82, 2.24) is 0 Å². The zero-order valence-corrected chi connectivity index (χ0v) is 14.4. The third-order valence-electron chi connectivity index (χ3n) is 3.73. The fourth-order valence-corrected chi connectivity index (χ4v) is 2.79. The Hall–Kier alpha value is -2.19. The van der Waals surface area contributed by atoms with Crippen LogP contribution in [0.2, 0.25) is 0 Å². The fraction of sp³-hybridized carbons (Fsp3) is 0.250. The number of hydrogen-bond donors (Lipinski definition) is 2. The molecule has 0 spiro atoms. The summed E-state index contributed by atoms with van der Waals surface area (Å²) in [5.41, 5.74) is -1.67. The van der Waals surface area contributed by atoms with E-state index in [1.165, 1.54) is 24.5 Å². The van der Waals surface area contributed by atoms with Gasteiger partial charge in [-0.2, -0.15) is 13.2 Å². The van der Waals surface area contributed by atoms with E-state index in [0.717, 1.165) is 12.1 Å². The van der Waals surface area contributed by atoms with Crippen LogP contribution in [0.5, 0.6) is 0 Å². The molecule has 1 unspecified atom stereocenters. The lowest BCUT2D eigenvalue weighted by atomic mass is 10.1. The van der Waals surface area contributed by atoms with Crippen molar-refractivity contribution in [2.45, 2.75) is 16.9 Å². The number of anilines is 2. The number of halogens is 5. The van der Waals surface area contributed by atoms with Crippen LogP contribution in [0.25, 0.3) is 0 Å². The monoisotopic (exact) mass is 406 g/mol. The molecule has 138 valence electrons. The summed E-state index contributed by atoms with van der Waals surface area (Å²) < 4.78 is 43.6. The standard InChI is InChI=1S/C16H11Cl2F3N2O3/c17-15(18)7-10(15)13(24)23-11-4-3-8(6-9(11)16(19,20)21)22-14(25)12-2-1-5-26-12/h1-6,10H,7H2,(H,22,25)(H,23,24). The summed E-state index contributed by atoms with van der Waals surface area (Å²) in [6.45, 7) is 0. The van der Waals surface area contributed by atoms with Gasteiger partial charge in [0.1, 0.15) is 4.33 Å². The second-order valence-corrected chi connectivity index (χ2v) is 7.24. The number of rotatable bonds is 4. The molecule has 2 N–H and O–H groups in total. The molecule has 10 heteroatoms. The van der Waals surface area contributed by atoms with Crippen LogP contribution in [0.4, 0.5) is 24.5 Å². The van der Waals surface area contributed by atoms with Gasteiger partial charge in [-0.15, -0.1) is 23.2 Å². The highest BCUT2D eigenvalue weighted by molar-refractivity contribution is 6.52. The number of furan rings is 1. The molecule has 2 amide bonds. The molecule has 3 rings (SSSR count). The number of alkyl halides is 5. The third-order valence-corrected chi connectivity index (χ3v) is 4.56. The van der Waals surface area contributed by atoms with E-state index in [-0.39, 0.29) is 17.9 Å². The van der Waals surface area contributed by atoms with Crippen LogP contribution in [-0.4, -0.2) is 16.1 Å². The molecule has 0 bridgehead atoms. The molecule has 1 aliphatic rings. The van der Waals surface area contributed by atoms with E-state index in [2.05, 4.69) is 10.6 Å². The summed E-state index contributed by atoms with van der Waals surface area (Å²) in [5.74, 6) is -2.23. The maximum Gasteiger partial charge on any atom is 0.418 e. The first-order chi connectivity index (χ1) is 12.1. The first-order valence-corrected chi connectivity index (χ1v) is 8.08. The number of hydrogen-bond acceptors (Lipinski definition) is 3. The minimum absolute atomic E-state index is 0.0507. The topological polar surface area (TPSA) is 71.3 Å². The van der Waals surface area contributed by atoms with Gasteiger partial charge in [-0.3, -0.25) is 9.59 Å². The lowest BCUT2D eigenvalue weighted by molar-refractivity contribution is -0.136. The molecule has 1 atom stereocenters. The Morgan fingerprint density at radius 3 is 2.42 bits per heavy atom. The van der Waals surface area contributed by atoms with Gasteiger partial charge in [0.2, 0.25) is 5.91 Å². The molecule has 1 aromatic heterocycles. The Bertz CT molecular complexity index is 851. The van der Waals surface area contributed by atoms with E-state index in [9.17, 15) is 22.8 Å². The predicted octanol–water partition coefficient (Wildman–Crippen LogP) is 4.68. The van der Waals surface area contributed by atoms with Gasteiger partial charge < -0.3 is 15.1 Å². The average molecular weight is 407 g/mol. The highest BCUT2D eigenvalue weighted by atomic mass is 35.5. The predicted molar refractivity (Wildman–Crippen MR) is 89.3 cm³/mol. The lowest BCUT2D eigenvalue weighted by Gasteiger charge is -2.15. The number of carbonyl (C=O) groups excluding carboxylic acids is 2. The van der Waals surface area contributed by atoms with Crippen molar-refractivity contribution in [1.29, 1.82) is 0 Å². The van der Waals surface area contributed by atoms with Gasteiger partial charge in [0, 0.05) is 5.69 Å². The van der Waals surface area contributed by atoms with E-state index in [1.807, 2.05) is 0 Å². The van der Waals surface area contributed by atoms with Crippen molar-refractivity contribution in [3.8, 4) is 0 Å². The molecular weight excluding hydrogens is 396 g/mol. The smallest absolute Gasteiger partial charge is 0.418 e. The minimum atomic E-state index is -4.75. The van der Waals surface area contributed by atoms with Crippen molar-refractivity contribution >= 4 is 46.4 Å². The SMILES string of the molecule is O=C(Nc1ccc(NC(=O)C2CC2(Cl)Cl)c(C(F)(F)F)c1)c1ccco1. The molecule has 0 saturated heterocycles. The normalized spacial score (nSPS) is 18.3. The Kier molecular flexibility index (Phi) is 4.66. The number of nitrogens with one attached hydrogen (secondary N) is 2. The Morgan fingerprint density at radius 1 is 1.19 bits per heavy atom. The van der Waals surface area contributed by atoms with Crippen LogP contribution in [0, 0.1) is 5.92 Å². The van der Waals surface area contributed by atoms with Gasteiger partial charge in [-0.1, -0.05) is 0 Å². The average Bonchev–Trinajstić information content (AvgIpc) is 2.97. The molecule has 1 aliphatic carbocycles. The first-order valence-electron chi connectivity index (χ1n) is 7.33. The fourth-order valence-electron chi connectivity index (χ4n) is 2.28. The van der Waals surface area contributed by atoms with Gasteiger partial charge in [0.25, 0.3) is 5.91 Å².